The number of rotatable bonds is 5. The van der Waals surface area contributed by atoms with Crippen LogP contribution in [0.2, 0.25) is 0 Å². The highest BCUT2D eigenvalue weighted by molar-refractivity contribution is 5.53. The number of para-hydroxylation sites is 1. The maximum Gasteiger partial charge on any atom is 0.160 e. The smallest absolute Gasteiger partial charge is 0.160 e. The molecule has 5 nitrogen and oxygen atoms in total. The van der Waals surface area contributed by atoms with E-state index in [1.165, 1.54) is 29.7 Å². The number of likely N-dealkylation sites (tertiary alicyclic amines) is 1. The number of aromatic hydroxyl groups is 1. The van der Waals surface area contributed by atoms with Gasteiger partial charge in [0.05, 0.1) is 7.11 Å². The monoisotopic (exact) mass is 395 g/mol. The fraction of sp³-hybridized carbons (Fsp3) is 0.500. The second kappa shape index (κ2) is 9.06. The largest absolute Gasteiger partial charge is 0.504 e. The van der Waals surface area contributed by atoms with Gasteiger partial charge in [0.25, 0.3) is 0 Å². The number of anilines is 1. The van der Waals surface area contributed by atoms with E-state index in [1.54, 1.807) is 13.2 Å². The summed E-state index contributed by atoms with van der Waals surface area (Å²) in [7, 11) is 1.60. The Labute approximate surface area is 174 Å². The van der Waals surface area contributed by atoms with Gasteiger partial charge >= 0.3 is 0 Å². The van der Waals surface area contributed by atoms with Gasteiger partial charge in [-0.1, -0.05) is 24.3 Å². The summed E-state index contributed by atoms with van der Waals surface area (Å²) in [5.74, 6) is 0.766. The van der Waals surface area contributed by atoms with Gasteiger partial charge in [-0.15, -0.1) is 0 Å². The molecule has 0 amide bonds. The first kappa shape index (κ1) is 20.0. The first-order valence-electron chi connectivity index (χ1n) is 10.8. The molecule has 4 rings (SSSR count). The Hall–Kier alpha value is -2.24. The molecule has 2 heterocycles. The van der Waals surface area contributed by atoms with Crippen LogP contribution in [0.15, 0.2) is 42.5 Å². The summed E-state index contributed by atoms with van der Waals surface area (Å²) in [4.78, 5) is 7.78. The fourth-order valence-electron chi connectivity index (χ4n) is 4.80. The molecule has 5 heteroatoms. The number of methoxy groups -OCH3 is 1. The lowest BCUT2D eigenvalue weighted by molar-refractivity contribution is 0.0887. The van der Waals surface area contributed by atoms with Crippen LogP contribution in [-0.4, -0.2) is 67.3 Å². The average molecular weight is 396 g/mol. The van der Waals surface area contributed by atoms with Gasteiger partial charge in [-0.25, -0.2) is 0 Å². The van der Waals surface area contributed by atoms with Gasteiger partial charge < -0.3 is 14.7 Å². The molecule has 0 unspecified atom stereocenters. The van der Waals surface area contributed by atoms with E-state index in [1.807, 2.05) is 12.1 Å². The maximum atomic E-state index is 9.82. The Balaban J connectivity index is 1.33. The summed E-state index contributed by atoms with van der Waals surface area (Å²) in [6.45, 7) is 9.87. The van der Waals surface area contributed by atoms with E-state index in [2.05, 4.69) is 45.9 Å². The van der Waals surface area contributed by atoms with Crippen LogP contribution in [0.1, 0.15) is 24.0 Å². The van der Waals surface area contributed by atoms with Crippen molar-refractivity contribution in [2.24, 2.45) is 0 Å². The van der Waals surface area contributed by atoms with Gasteiger partial charge in [-0.05, 0) is 55.6 Å². The lowest BCUT2D eigenvalue weighted by atomic mass is 10.0. The normalized spacial score (nSPS) is 21.3. The van der Waals surface area contributed by atoms with Gasteiger partial charge in [0.15, 0.2) is 11.5 Å². The second-order valence-corrected chi connectivity index (χ2v) is 8.35. The number of phenols is 1. The van der Waals surface area contributed by atoms with Crippen molar-refractivity contribution in [2.75, 3.05) is 51.3 Å². The zero-order valence-electron chi connectivity index (χ0n) is 17.7. The third-order valence-corrected chi connectivity index (χ3v) is 6.42. The predicted molar refractivity (Wildman–Crippen MR) is 118 cm³/mol. The molecule has 1 N–H and O–H groups in total. The highest BCUT2D eigenvalue weighted by atomic mass is 16.5. The standard InChI is InChI=1S/C24H33N3O2/c1-19-6-3-4-8-22(19)27-14-12-26(13-15-27)21-7-5-11-25(18-21)17-20-9-10-23(28)24(16-20)29-2/h3-4,6,8-10,16,21,28H,5,7,11-15,17-18H2,1-2H3/t21-/m1/s1. The Kier molecular flexibility index (Phi) is 6.26. The number of nitrogens with zero attached hydrogens (tertiary/aromatic N) is 3. The molecule has 2 saturated heterocycles. The molecule has 0 aromatic heterocycles. The minimum Gasteiger partial charge on any atom is -0.504 e. The van der Waals surface area contributed by atoms with Crippen LogP contribution in [0, 0.1) is 6.92 Å². The van der Waals surface area contributed by atoms with Gasteiger partial charge in [0.2, 0.25) is 0 Å². The summed E-state index contributed by atoms with van der Waals surface area (Å²) in [6.07, 6.45) is 2.54. The first-order valence-corrected chi connectivity index (χ1v) is 10.8. The summed E-state index contributed by atoms with van der Waals surface area (Å²) in [5, 5.41) is 9.82. The van der Waals surface area contributed by atoms with Crippen molar-refractivity contribution < 1.29 is 9.84 Å². The molecule has 2 aliphatic heterocycles. The number of aryl methyl sites for hydroxylation is 1. The van der Waals surface area contributed by atoms with Crippen molar-refractivity contribution >= 4 is 5.69 Å². The van der Waals surface area contributed by atoms with Gasteiger partial charge in [0, 0.05) is 51.0 Å². The predicted octanol–water partition coefficient (Wildman–Crippen LogP) is 3.50. The van der Waals surface area contributed by atoms with Gasteiger partial charge in [-0.2, -0.15) is 0 Å². The minimum absolute atomic E-state index is 0.208. The quantitative estimate of drug-likeness (QED) is 0.839. The van der Waals surface area contributed by atoms with E-state index in [9.17, 15) is 5.11 Å². The Morgan fingerprint density at radius 3 is 2.59 bits per heavy atom. The summed E-state index contributed by atoms with van der Waals surface area (Å²) in [6, 6.07) is 15.1. The zero-order valence-corrected chi connectivity index (χ0v) is 17.7. The third-order valence-electron chi connectivity index (χ3n) is 6.42. The summed E-state index contributed by atoms with van der Waals surface area (Å²) in [5.41, 5.74) is 3.96. The van der Waals surface area contributed by atoms with Gasteiger partial charge in [-0.3, -0.25) is 9.80 Å². The topological polar surface area (TPSA) is 39.2 Å². The van der Waals surface area contributed by atoms with E-state index in [0.29, 0.717) is 11.8 Å². The number of hydrogen-bond acceptors (Lipinski definition) is 5. The molecule has 2 aromatic rings. The summed E-state index contributed by atoms with van der Waals surface area (Å²) < 4.78 is 5.26. The minimum atomic E-state index is 0.208. The number of ether oxygens (including phenoxy) is 1. The molecule has 29 heavy (non-hydrogen) atoms. The van der Waals surface area contributed by atoms with E-state index in [-0.39, 0.29) is 5.75 Å². The van der Waals surface area contributed by atoms with Crippen molar-refractivity contribution in [3.05, 3.63) is 53.6 Å². The first-order chi connectivity index (χ1) is 14.1. The molecule has 0 spiro atoms. The molecular weight excluding hydrogens is 362 g/mol. The number of benzene rings is 2. The number of piperidine rings is 1. The summed E-state index contributed by atoms with van der Waals surface area (Å²) >= 11 is 0. The molecule has 0 saturated carbocycles. The SMILES string of the molecule is COc1cc(CN2CCC[C@@H](N3CCN(c4ccccc4C)CC3)C2)ccc1O. The maximum absolute atomic E-state index is 9.82. The third kappa shape index (κ3) is 4.68. The molecular formula is C24H33N3O2. The van der Waals surface area contributed by atoms with Crippen molar-refractivity contribution in [3.63, 3.8) is 0 Å². The molecule has 0 radical (unpaired) electrons. The molecule has 2 aliphatic rings. The molecule has 1 atom stereocenters. The molecule has 2 fully saturated rings. The van der Waals surface area contributed by atoms with Crippen LogP contribution in [0.4, 0.5) is 5.69 Å². The Bertz CT molecular complexity index is 818. The second-order valence-electron chi connectivity index (χ2n) is 8.35. The molecule has 2 aromatic carbocycles. The number of hydrogen-bond donors (Lipinski definition) is 1. The number of piperazine rings is 1. The van der Waals surface area contributed by atoms with Crippen LogP contribution >= 0.6 is 0 Å². The van der Waals surface area contributed by atoms with Crippen LogP contribution < -0.4 is 9.64 Å². The average Bonchev–Trinajstić information content (AvgIpc) is 2.76. The highest BCUT2D eigenvalue weighted by Crippen LogP contribution is 2.28. The Morgan fingerprint density at radius 1 is 1.03 bits per heavy atom. The van der Waals surface area contributed by atoms with Crippen molar-refractivity contribution in [2.45, 2.75) is 32.4 Å². The van der Waals surface area contributed by atoms with Gasteiger partial charge in [0.1, 0.15) is 0 Å². The molecule has 0 bridgehead atoms. The van der Waals surface area contributed by atoms with E-state index in [4.69, 9.17) is 4.74 Å². The van der Waals surface area contributed by atoms with Crippen molar-refractivity contribution in [3.8, 4) is 11.5 Å². The van der Waals surface area contributed by atoms with E-state index < -0.39 is 0 Å². The lowest BCUT2D eigenvalue weighted by Gasteiger charge is -2.44. The van der Waals surface area contributed by atoms with E-state index in [0.717, 1.165) is 45.8 Å². The Morgan fingerprint density at radius 2 is 1.83 bits per heavy atom. The van der Waals surface area contributed by atoms with Crippen LogP contribution in [0.3, 0.4) is 0 Å². The van der Waals surface area contributed by atoms with E-state index >= 15 is 0 Å². The highest BCUT2D eigenvalue weighted by Gasteiger charge is 2.28. The van der Waals surface area contributed by atoms with Crippen LogP contribution in [-0.2, 0) is 6.54 Å². The lowest BCUT2D eigenvalue weighted by Crippen LogP contribution is -2.55. The molecule has 156 valence electrons. The van der Waals surface area contributed by atoms with Crippen LogP contribution in [0.25, 0.3) is 0 Å². The number of phenolic OH excluding ortho intramolecular Hbond substituents is 1. The molecule has 0 aliphatic carbocycles. The van der Waals surface area contributed by atoms with Crippen molar-refractivity contribution in [1.82, 2.24) is 9.80 Å². The van der Waals surface area contributed by atoms with Crippen LogP contribution in [0.5, 0.6) is 11.5 Å². The zero-order chi connectivity index (χ0) is 20.2. The fourth-order valence-corrected chi connectivity index (χ4v) is 4.80. The van der Waals surface area contributed by atoms with Crippen molar-refractivity contribution in [1.29, 1.82) is 0 Å².